The maximum Gasteiger partial charge on any atom is 0.241 e. The lowest BCUT2D eigenvalue weighted by atomic mass is 9.93. The highest BCUT2D eigenvalue weighted by Gasteiger charge is 2.26. The molecule has 0 saturated heterocycles. The maximum absolute atomic E-state index is 12.5. The van der Waals surface area contributed by atoms with Gasteiger partial charge >= 0.3 is 0 Å². The molecule has 2 aromatic rings. The molecule has 1 heterocycles. The maximum atomic E-state index is 12.5. The minimum absolute atomic E-state index is 0.254. The van der Waals surface area contributed by atoms with Gasteiger partial charge in [-0.2, -0.15) is 0 Å². The quantitative estimate of drug-likeness (QED) is 0.944. The molecule has 22 heavy (non-hydrogen) atoms. The number of hydrogen-bond acceptors (Lipinski definition) is 4. The Kier molecular flexibility index (Phi) is 3.97. The van der Waals surface area contributed by atoms with Crippen LogP contribution >= 0.6 is 0 Å². The summed E-state index contributed by atoms with van der Waals surface area (Å²) in [6, 6.07) is 6.61. The van der Waals surface area contributed by atoms with E-state index in [0.717, 1.165) is 41.9 Å². The largest absolute Gasteiger partial charge is 0.241 e. The zero-order valence-corrected chi connectivity index (χ0v) is 13.5. The molecule has 3 rings (SSSR count). The molecule has 0 aliphatic heterocycles. The summed E-state index contributed by atoms with van der Waals surface area (Å²) >= 11 is 0. The second-order valence-electron chi connectivity index (χ2n) is 5.70. The van der Waals surface area contributed by atoms with E-state index in [-0.39, 0.29) is 6.04 Å². The molecule has 0 fully saturated rings. The summed E-state index contributed by atoms with van der Waals surface area (Å²) in [5.41, 5.74) is 2.88. The Morgan fingerprint density at radius 3 is 2.64 bits per heavy atom. The molecule has 116 valence electrons. The number of fused-ring (bicyclic) bond motifs is 1. The molecule has 1 atom stereocenters. The molecule has 5 nitrogen and oxygen atoms in total. The number of nitrogens with one attached hydrogen (secondary N) is 1. The van der Waals surface area contributed by atoms with Crippen molar-refractivity contribution in [2.75, 3.05) is 0 Å². The summed E-state index contributed by atoms with van der Waals surface area (Å²) in [6.07, 6.45) is 4.32. The molecule has 0 amide bonds. The van der Waals surface area contributed by atoms with Gasteiger partial charge in [-0.3, -0.25) is 0 Å². The van der Waals surface area contributed by atoms with Crippen LogP contribution in [0, 0.1) is 13.8 Å². The fourth-order valence-corrected chi connectivity index (χ4v) is 3.99. The van der Waals surface area contributed by atoms with E-state index in [9.17, 15) is 8.42 Å². The molecule has 1 aromatic carbocycles. The topological polar surface area (TPSA) is 72.0 Å². The molecular weight excluding hydrogens is 298 g/mol. The van der Waals surface area contributed by atoms with E-state index in [0.29, 0.717) is 4.90 Å². The number of benzene rings is 1. The third-order valence-corrected chi connectivity index (χ3v) is 5.42. The van der Waals surface area contributed by atoms with Gasteiger partial charge in [0, 0.05) is 17.5 Å². The van der Waals surface area contributed by atoms with Gasteiger partial charge in [-0.15, -0.1) is 0 Å². The highest BCUT2D eigenvalue weighted by Crippen LogP contribution is 2.29. The van der Waals surface area contributed by atoms with Gasteiger partial charge in [0.2, 0.25) is 10.0 Å². The zero-order chi connectivity index (χ0) is 15.7. The highest BCUT2D eigenvalue weighted by atomic mass is 32.2. The lowest BCUT2D eigenvalue weighted by molar-refractivity contribution is 0.499. The highest BCUT2D eigenvalue weighted by molar-refractivity contribution is 7.89. The van der Waals surface area contributed by atoms with E-state index in [4.69, 9.17) is 0 Å². The lowest BCUT2D eigenvalue weighted by Crippen LogP contribution is -2.31. The standard InChI is InChI=1S/C16H19N3O2S/c1-11-6-8-13(9-7-11)22(20,21)19-16-5-3-4-15-14(16)10-17-12(2)18-15/h6-10,16,19H,3-5H2,1-2H3/t16-/m0/s1. The Bertz CT molecular complexity index is 786. The second-order valence-corrected chi connectivity index (χ2v) is 7.41. The van der Waals surface area contributed by atoms with Crippen molar-refractivity contribution in [3.05, 3.63) is 53.1 Å². The summed E-state index contributed by atoms with van der Waals surface area (Å²) < 4.78 is 27.9. The predicted octanol–water partition coefficient (Wildman–Crippen LogP) is 2.45. The Morgan fingerprint density at radius 2 is 1.91 bits per heavy atom. The SMILES string of the molecule is Cc1ccc(S(=O)(=O)N[C@H]2CCCc3nc(C)ncc32)cc1. The van der Waals surface area contributed by atoms with E-state index in [1.807, 2.05) is 13.8 Å². The monoisotopic (exact) mass is 317 g/mol. The molecule has 1 N–H and O–H groups in total. The van der Waals surface area contributed by atoms with Crippen molar-refractivity contribution in [2.45, 2.75) is 44.0 Å². The summed E-state index contributed by atoms with van der Waals surface area (Å²) in [7, 11) is -3.54. The van der Waals surface area contributed by atoms with Crippen LogP contribution in [0.5, 0.6) is 0 Å². The van der Waals surface area contributed by atoms with Crippen LogP contribution < -0.4 is 4.72 Å². The van der Waals surface area contributed by atoms with Crippen molar-refractivity contribution in [3.8, 4) is 0 Å². The van der Waals surface area contributed by atoms with Gasteiger partial charge < -0.3 is 0 Å². The van der Waals surface area contributed by atoms with Crippen molar-refractivity contribution >= 4 is 10.0 Å². The van der Waals surface area contributed by atoms with Crippen LogP contribution in [0.15, 0.2) is 35.4 Å². The Morgan fingerprint density at radius 1 is 1.18 bits per heavy atom. The summed E-state index contributed by atoms with van der Waals surface area (Å²) in [5.74, 6) is 0.723. The summed E-state index contributed by atoms with van der Waals surface area (Å²) in [6.45, 7) is 3.78. The predicted molar refractivity (Wildman–Crippen MR) is 83.9 cm³/mol. The van der Waals surface area contributed by atoms with Crippen LogP contribution in [0.25, 0.3) is 0 Å². The molecule has 0 radical (unpaired) electrons. The molecule has 0 saturated carbocycles. The van der Waals surface area contributed by atoms with Gasteiger partial charge in [0.1, 0.15) is 5.82 Å². The van der Waals surface area contributed by atoms with Gasteiger partial charge in [0.25, 0.3) is 0 Å². The van der Waals surface area contributed by atoms with E-state index in [1.165, 1.54) is 0 Å². The van der Waals surface area contributed by atoms with Crippen molar-refractivity contribution in [1.82, 2.24) is 14.7 Å². The second kappa shape index (κ2) is 5.78. The first-order valence-electron chi connectivity index (χ1n) is 7.37. The average Bonchev–Trinajstić information content (AvgIpc) is 2.47. The van der Waals surface area contributed by atoms with Gasteiger partial charge in [-0.25, -0.2) is 23.1 Å². The number of sulfonamides is 1. The normalized spacial score (nSPS) is 18.0. The Labute approximate surface area is 130 Å². The van der Waals surface area contributed by atoms with Crippen LogP contribution in [0.1, 0.15) is 41.5 Å². The smallest absolute Gasteiger partial charge is 0.241 e. The number of aryl methyl sites for hydroxylation is 3. The first kappa shape index (κ1) is 15.1. The molecule has 1 aliphatic carbocycles. The van der Waals surface area contributed by atoms with Crippen LogP contribution in [-0.2, 0) is 16.4 Å². The van der Waals surface area contributed by atoms with E-state index < -0.39 is 10.0 Å². The third kappa shape index (κ3) is 3.03. The van der Waals surface area contributed by atoms with Crippen molar-refractivity contribution in [1.29, 1.82) is 0 Å². The van der Waals surface area contributed by atoms with E-state index in [2.05, 4.69) is 14.7 Å². The minimum atomic E-state index is -3.54. The number of aromatic nitrogens is 2. The Hall–Kier alpha value is -1.79. The number of nitrogens with zero attached hydrogens (tertiary/aromatic N) is 2. The molecule has 0 unspecified atom stereocenters. The first-order valence-corrected chi connectivity index (χ1v) is 8.85. The fourth-order valence-electron chi connectivity index (χ4n) is 2.74. The van der Waals surface area contributed by atoms with Gasteiger partial charge in [0.15, 0.2) is 0 Å². The lowest BCUT2D eigenvalue weighted by Gasteiger charge is -2.25. The number of rotatable bonds is 3. The van der Waals surface area contributed by atoms with Crippen molar-refractivity contribution in [2.24, 2.45) is 0 Å². The molecule has 1 aromatic heterocycles. The summed E-state index contributed by atoms with van der Waals surface area (Å²) in [5, 5.41) is 0. The molecule has 0 spiro atoms. The summed E-state index contributed by atoms with van der Waals surface area (Å²) in [4.78, 5) is 8.93. The fraction of sp³-hybridized carbons (Fsp3) is 0.375. The van der Waals surface area contributed by atoms with Crippen LogP contribution in [0.3, 0.4) is 0 Å². The van der Waals surface area contributed by atoms with Gasteiger partial charge in [0.05, 0.1) is 10.9 Å². The zero-order valence-electron chi connectivity index (χ0n) is 12.7. The average molecular weight is 317 g/mol. The Balaban J connectivity index is 1.89. The van der Waals surface area contributed by atoms with Crippen molar-refractivity contribution < 1.29 is 8.42 Å². The first-order chi connectivity index (χ1) is 10.5. The van der Waals surface area contributed by atoms with Crippen LogP contribution in [0.4, 0.5) is 0 Å². The molecular formula is C16H19N3O2S. The molecule has 1 aliphatic rings. The van der Waals surface area contributed by atoms with Gasteiger partial charge in [-0.05, 0) is 45.2 Å². The van der Waals surface area contributed by atoms with Crippen LogP contribution in [-0.4, -0.2) is 18.4 Å². The van der Waals surface area contributed by atoms with E-state index in [1.54, 1.807) is 30.5 Å². The molecule has 0 bridgehead atoms. The van der Waals surface area contributed by atoms with Crippen molar-refractivity contribution in [3.63, 3.8) is 0 Å². The third-order valence-electron chi connectivity index (χ3n) is 3.93. The van der Waals surface area contributed by atoms with Crippen LogP contribution in [0.2, 0.25) is 0 Å². The molecule has 6 heteroatoms. The minimum Gasteiger partial charge on any atom is -0.241 e. The van der Waals surface area contributed by atoms with Gasteiger partial charge in [-0.1, -0.05) is 17.7 Å². The number of hydrogen-bond donors (Lipinski definition) is 1. The van der Waals surface area contributed by atoms with E-state index >= 15 is 0 Å².